The predicted molar refractivity (Wildman–Crippen MR) is 80.6 cm³/mol. The van der Waals surface area contributed by atoms with Crippen LogP contribution < -0.4 is 5.32 Å². The van der Waals surface area contributed by atoms with E-state index in [0.29, 0.717) is 18.9 Å². The van der Waals surface area contributed by atoms with Gasteiger partial charge in [-0.1, -0.05) is 12.1 Å². The average molecular weight is 326 g/mol. The van der Waals surface area contributed by atoms with E-state index >= 15 is 0 Å². The molecule has 0 aromatic heterocycles. The van der Waals surface area contributed by atoms with Crippen LogP contribution in [-0.4, -0.2) is 36.4 Å². The van der Waals surface area contributed by atoms with Gasteiger partial charge in [-0.15, -0.1) is 0 Å². The van der Waals surface area contributed by atoms with Crippen LogP contribution in [0.2, 0.25) is 0 Å². The Morgan fingerprint density at radius 3 is 2.22 bits per heavy atom. The summed E-state index contributed by atoms with van der Waals surface area (Å²) in [6.07, 6.45) is 1.16. The lowest BCUT2D eigenvalue weighted by Crippen LogP contribution is -2.43. The Morgan fingerprint density at radius 1 is 1.09 bits per heavy atom. The maximum absolute atomic E-state index is 13.3. The number of halogens is 3. The molecule has 2 fully saturated rings. The third-order valence-electron chi connectivity index (χ3n) is 4.74. The zero-order valence-electron chi connectivity index (χ0n) is 12.9. The first-order valence-corrected chi connectivity index (χ1v) is 8.12. The fraction of sp³-hybridized carbons (Fsp3) is 0.588. The van der Waals surface area contributed by atoms with Gasteiger partial charge < -0.3 is 10.2 Å². The van der Waals surface area contributed by atoms with Crippen molar-refractivity contribution in [2.24, 2.45) is 5.92 Å². The molecule has 1 heterocycles. The lowest BCUT2D eigenvalue weighted by molar-refractivity contribution is -0.128. The van der Waals surface area contributed by atoms with E-state index in [2.05, 4.69) is 10.2 Å². The number of nitrogens with one attached hydrogen (secondary N) is 1. The predicted octanol–water partition coefficient (Wildman–Crippen LogP) is 3.12. The van der Waals surface area contributed by atoms with Crippen LogP contribution in [-0.2, 0) is 4.79 Å². The first-order valence-electron chi connectivity index (χ1n) is 8.12. The second-order valence-corrected chi connectivity index (χ2v) is 6.41. The van der Waals surface area contributed by atoms with E-state index in [1.54, 1.807) is 0 Å². The fourth-order valence-corrected chi connectivity index (χ4v) is 3.20. The second kappa shape index (κ2) is 6.91. The van der Waals surface area contributed by atoms with Crippen molar-refractivity contribution in [3.8, 4) is 0 Å². The smallest absolute Gasteiger partial charge is 0.262 e. The highest BCUT2D eigenvalue weighted by atomic mass is 19.3. The van der Waals surface area contributed by atoms with E-state index in [1.807, 2.05) is 0 Å². The van der Waals surface area contributed by atoms with Gasteiger partial charge in [0.15, 0.2) is 0 Å². The summed E-state index contributed by atoms with van der Waals surface area (Å²) >= 11 is 0. The molecule has 1 aromatic carbocycles. The molecule has 1 saturated carbocycles. The van der Waals surface area contributed by atoms with Gasteiger partial charge in [0, 0.05) is 12.0 Å². The van der Waals surface area contributed by atoms with Crippen molar-refractivity contribution in [3.63, 3.8) is 0 Å². The number of nitrogens with zero attached hydrogens (tertiary/aromatic N) is 1. The van der Waals surface area contributed by atoms with Crippen LogP contribution >= 0.6 is 0 Å². The molecule has 1 N–H and O–H groups in total. The normalized spacial score (nSPS) is 21.4. The van der Waals surface area contributed by atoms with Crippen molar-refractivity contribution in [2.75, 3.05) is 13.1 Å². The largest absolute Gasteiger partial charge is 0.343 e. The maximum Gasteiger partial charge on any atom is 0.262 e. The molecule has 3 rings (SSSR count). The molecule has 0 unspecified atom stereocenters. The topological polar surface area (TPSA) is 32.3 Å². The quantitative estimate of drug-likeness (QED) is 0.902. The molecule has 0 radical (unpaired) electrons. The number of piperidine rings is 1. The van der Waals surface area contributed by atoms with Gasteiger partial charge in [-0.3, -0.25) is 4.79 Å². The number of hydrogen-bond acceptors (Lipinski definition) is 2. The SMILES string of the molecule is O=C(N[C@H](c1ccc(F)cc1)C(F)F)C1CCN(C2CC2)CC1. The van der Waals surface area contributed by atoms with Crippen molar-refractivity contribution < 1.29 is 18.0 Å². The lowest BCUT2D eigenvalue weighted by atomic mass is 9.95. The number of benzene rings is 1. The molecule has 23 heavy (non-hydrogen) atoms. The summed E-state index contributed by atoms with van der Waals surface area (Å²) < 4.78 is 39.5. The van der Waals surface area contributed by atoms with Crippen LogP contribution in [0.5, 0.6) is 0 Å². The Kier molecular flexibility index (Phi) is 4.90. The fourth-order valence-electron chi connectivity index (χ4n) is 3.20. The minimum absolute atomic E-state index is 0.216. The summed E-state index contributed by atoms with van der Waals surface area (Å²) in [7, 11) is 0. The van der Waals surface area contributed by atoms with Crippen molar-refractivity contribution in [2.45, 2.75) is 44.2 Å². The Balaban J connectivity index is 1.59. The molecule has 126 valence electrons. The van der Waals surface area contributed by atoms with Gasteiger partial charge in [-0.05, 0) is 56.5 Å². The Morgan fingerprint density at radius 2 is 1.70 bits per heavy atom. The molecular weight excluding hydrogens is 305 g/mol. The van der Waals surface area contributed by atoms with Crippen LogP contribution in [0.4, 0.5) is 13.2 Å². The zero-order valence-corrected chi connectivity index (χ0v) is 12.9. The first-order chi connectivity index (χ1) is 11.0. The van der Waals surface area contributed by atoms with Crippen molar-refractivity contribution in [1.82, 2.24) is 10.2 Å². The van der Waals surface area contributed by atoms with Crippen molar-refractivity contribution >= 4 is 5.91 Å². The second-order valence-electron chi connectivity index (χ2n) is 6.41. The summed E-state index contributed by atoms with van der Waals surface area (Å²) in [5.41, 5.74) is 0.227. The number of hydrogen-bond donors (Lipinski definition) is 1. The molecule has 1 aliphatic carbocycles. The minimum Gasteiger partial charge on any atom is -0.343 e. The van der Waals surface area contributed by atoms with Gasteiger partial charge in [0.25, 0.3) is 6.43 Å². The average Bonchev–Trinajstić information content (AvgIpc) is 3.38. The molecule has 0 bridgehead atoms. The van der Waals surface area contributed by atoms with E-state index in [9.17, 15) is 18.0 Å². The number of carbonyl (C=O) groups is 1. The third-order valence-corrected chi connectivity index (χ3v) is 4.74. The van der Waals surface area contributed by atoms with E-state index in [-0.39, 0.29) is 17.4 Å². The van der Waals surface area contributed by atoms with Crippen molar-refractivity contribution in [3.05, 3.63) is 35.6 Å². The minimum atomic E-state index is -2.73. The summed E-state index contributed by atoms with van der Waals surface area (Å²) in [4.78, 5) is 14.7. The Bertz CT molecular complexity index is 537. The van der Waals surface area contributed by atoms with E-state index in [4.69, 9.17) is 0 Å². The third kappa shape index (κ3) is 4.05. The molecule has 1 atom stereocenters. The summed E-state index contributed by atoms with van der Waals surface area (Å²) in [6.45, 7) is 1.72. The molecule has 1 saturated heterocycles. The maximum atomic E-state index is 13.3. The standard InChI is InChI=1S/C17H21F3N2O/c18-13-3-1-11(2-4-13)15(16(19)20)21-17(23)12-7-9-22(10-8-12)14-5-6-14/h1-4,12,14-16H,5-10H2,(H,21,23)/t15-/m1/s1. The Hall–Kier alpha value is -1.56. The highest BCUT2D eigenvalue weighted by molar-refractivity contribution is 5.79. The first kappa shape index (κ1) is 16.3. The molecule has 2 aliphatic rings. The molecule has 6 heteroatoms. The summed E-state index contributed by atoms with van der Waals surface area (Å²) in [5, 5.41) is 2.45. The van der Waals surface area contributed by atoms with Crippen LogP contribution in [0.15, 0.2) is 24.3 Å². The molecule has 1 amide bonds. The van der Waals surface area contributed by atoms with Gasteiger partial charge in [0.05, 0.1) is 0 Å². The highest BCUT2D eigenvalue weighted by Crippen LogP contribution is 2.31. The molecule has 3 nitrogen and oxygen atoms in total. The zero-order chi connectivity index (χ0) is 16.4. The van der Waals surface area contributed by atoms with E-state index in [1.165, 1.54) is 25.0 Å². The van der Waals surface area contributed by atoms with Gasteiger partial charge in [0.1, 0.15) is 11.9 Å². The van der Waals surface area contributed by atoms with Gasteiger partial charge in [-0.2, -0.15) is 0 Å². The highest BCUT2D eigenvalue weighted by Gasteiger charge is 2.35. The number of likely N-dealkylation sites (tertiary alicyclic amines) is 1. The monoisotopic (exact) mass is 326 g/mol. The van der Waals surface area contributed by atoms with Crippen LogP contribution in [0.1, 0.15) is 37.3 Å². The molecule has 1 aromatic rings. The summed E-state index contributed by atoms with van der Waals surface area (Å²) in [6, 6.07) is 4.14. The number of rotatable bonds is 5. The number of carbonyl (C=O) groups excluding carboxylic acids is 1. The van der Waals surface area contributed by atoms with Crippen LogP contribution in [0.3, 0.4) is 0 Å². The van der Waals surface area contributed by atoms with Crippen molar-refractivity contribution in [1.29, 1.82) is 0 Å². The number of alkyl halides is 2. The van der Waals surface area contributed by atoms with Crippen LogP contribution in [0.25, 0.3) is 0 Å². The lowest BCUT2D eigenvalue weighted by Gasteiger charge is -2.32. The van der Waals surface area contributed by atoms with E-state index < -0.39 is 18.3 Å². The van der Waals surface area contributed by atoms with E-state index in [0.717, 1.165) is 25.2 Å². The number of amides is 1. The molecular formula is C17H21F3N2O. The summed E-state index contributed by atoms with van der Waals surface area (Å²) in [5.74, 6) is -1.03. The Labute approximate surface area is 133 Å². The molecule has 1 aliphatic heterocycles. The van der Waals surface area contributed by atoms with Gasteiger partial charge in [0.2, 0.25) is 5.91 Å². The van der Waals surface area contributed by atoms with Crippen LogP contribution in [0, 0.1) is 11.7 Å². The molecule has 0 spiro atoms. The van der Waals surface area contributed by atoms with Gasteiger partial charge >= 0.3 is 0 Å². The van der Waals surface area contributed by atoms with Gasteiger partial charge in [-0.25, -0.2) is 13.2 Å².